The number of nitro groups is 1. The van der Waals surface area contributed by atoms with Gasteiger partial charge in [0.05, 0.1) is 4.92 Å². The van der Waals surface area contributed by atoms with Crippen LogP contribution in [0.15, 0.2) is 18.3 Å². The van der Waals surface area contributed by atoms with Gasteiger partial charge in [-0.05, 0) is 39.7 Å². The van der Waals surface area contributed by atoms with Crippen LogP contribution < -0.4 is 5.32 Å². The van der Waals surface area contributed by atoms with E-state index in [4.69, 9.17) is 0 Å². The van der Waals surface area contributed by atoms with Crippen molar-refractivity contribution in [1.82, 2.24) is 9.88 Å². The average Bonchev–Trinajstić information content (AvgIpc) is 2.34. The zero-order valence-electron chi connectivity index (χ0n) is 12.8. The molecular formula is C14H20N4O4. The summed E-state index contributed by atoms with van der Waals surface area (Å²) in [4.78, 5) is 27.3. The minimum Gasteiger partial charge on any atom is -0.465 e. The third-order valence-corrected chi connectivity index (χ3v) is 3.73. The molecule has 0 aliphatic heterocycles. The molecule has 1 saturated carbocycles. The summed E-state index contributed by atoms with van der Waals surface area (Å²) in [7, 11) is 0. The SMILES string of the molecule is CC(C)(C)N(C(=O)O)[C@H]1C[C@H](Nc2ncccc2[N+](=O)[O-])C1. The van der Waals surface area contributed by atoms with Crippen molar-refractivity contribution in [1.29, 1.82) is 0 Å². The summed E-state index contributed by atoms with van der Waals surface area (Å²) < 4.78 is 0. The van der Waals surface area contributed by atoms with E-state index in [9.17, 15) is 20.0 Å². The molecule has 0 unspecified atom stereocenters. The van der Waals surface area contributed by atoms with Crippen molar-refractivity contribution in [3.05, 3.63) is 28.4 Å². The Morgan fingerprint density at radius 2 is 2.14 bits per heavy atom. The van der Waals surface area contributed by atoms with Crippen LogP contribution in [-0.4, -0.2) is 43.6 Å². The van der Waals surface area contributed by atoms with Crippen LogP contribution in [0.1, 0.15) is 33.6 Å². The van der Waals surface area contributed by atoms with E-state index in [0.29, 0.717) is 12.8 Å². The van der Waals surface area contributed by atoms with E-state index < -0.39 is 16.6 Å². The summed E-state index contributed by atoms with van der Waals surface area (Å²) in [5, 5.41) is 23.3. The Morgan fingerprint density at radius 3 is 2.64 bits per heavy atom. The molecule has 120 valence electrons. The van der Waals surface area contributed by atoms with Crippen LogP contribution in [0.5, 0.6) is 0 Å². The van der Waals surface area contributed by atoms with Crippen molar-refractivity contribution in [2.24, 2.45) is 0 Å². The van der Waals surface area contributed by atoms with Gasteiger partial charge in [0, 0.05) is 29.9 Å². The maximum absolute atomic E-state index is 11.4. The Morgan fingerprint density at radius 1 is 1.50 bits per heavy atom. The molecule has 8 heteroatoms. The predicted molar refractivity (Wildman–Crippen MR) is 80.9 cm³/mol. The number of carboxylic acid groups (broad SMARTS) is 1. The Balaban J connectivity index is 2.01. The zero-order chi connectivity index (χ0) is 16.5. The lowest BCUT2D eigenvalue weighted by Crippen LogP contribution is -2.58. The number of amides is 1. The van der Waals surface area contributed by atoms with Gasteiger partial charge in [-0.15, -0.1) is 0 Å². The number of nitrogens with one attached hydrogen (secondary N) is 1. The molecular weight excluding hydrogens is 288 g/mol. The summed E-state index contributed by atoms with van der Waals surface area (Å²) in [5.41, 5.74) is -0.546. The first-order valence-corrected chi connectivity index (χ1v) is 7.08. The van der Waals surface area contributed by atoms with Gasteiger partial charge in [0.25, 0.3) is 0 Å². The fourth-order valence-corrected chi connectivity index (χ4v) is 2.76. The van der Waals surface area contributed by atoms with Gasteiger partial charge >= 0.3 is 11.8 Å². The summed E-state index contributed by atoms with van der Waals surface area (Å²) in [6.07, 6.45) is 1.76. The third kappa shape index (κ3) is 3.26. The highest BCUT2D eigenvalue weighted by molar-refractivity contribution is 5.67. The van der Waals surface area contributed by atoms with Gasteiger partial charge in [-0.3, -0.25) is 10.1 Å². The molecule has 0 bridgehead atoms. The summed E-state index contributed by atoms with van der Waals surface area (Å²) in [6.45, 7) is 5.56. The van der Waals surface area contributed by atoms with Crippen molar-refractivity contribution in [2.45, 2.75) is 51.2 Å². The standard InChI is InChI=1S/C14H20N4O4/c1-14(2,3)17(13(19)20)10-7-9(8-10)16-12-11(18(21)22)5-4-6-15-12/h4-6,9-10H,7-8H2,1-3H3,(H,15,16)(H,19,20)/t9-,10-. The number of nitrogens with zero attached hydrogens (tertiary/aromatic N) is 3. The van der Waals surface area contributed by atoms with Crippen LogP contribution >= 0.6 is 0 Å². The lowest BCUT2D eigenvalue weighted by atomic mass is 9.83. The van der Waals surface area contributed by atoms with E-state index in [1.54, 1.807) is 0 Å². The maximum Gasteiger partial charge on any atom is 0.407 e. The van der Waals surface area contributed by atoms with Crippen molar-refractivity contribution in [2.75, 3.05) is 5.32 Å². The molecule has 0 radical (unpaired) electrons. The molecule has 1 aliphatic carbocycles. The second kappa shape index (κ2) is 5.78. The van der Waals surface area contributed by atoms with Crippen LogP contribution in [0.4, 0.5) is 16.3 Å². The normalized spacial score (nSPS) is 20.9. The Bertz CT molecular complexity index is 578. The molecule has 8 nitrogen and oxygen atoms in total. The first kappa shape index (κ1) is 16.0. The largest absolute Gasteiger partial charge is 0.465 e. The summed E-state index contributed by atoms with van der Waals surface area (Å²) in [6, 6.07) is 2.81. The molecule has 1 aromatic rings. The Kier molecular flexibility index (Phi) is 4.20. The fraction of sp³-hybridized carbons (Fsp3) is 0.571. The molecule has 1 heterocycles. The lowest BCUT2D eigenvalue weighted by Gasteiger charge is -2.47. The molecule has 0 aromatic carbocycles. The smallest absolute Gasteiger partial charge is 0.407 e. The summed E-state index contributed by atoms with van der Waals surface area (Å²) in [5.74, 6) is 0.230. The number of hydrogen-bond acceptors (Lipinski definition) is 5. The zero-order valence-corrected chi connectivity index (χ0v) is 12.8. The van der Waals surface area contributed by atoms with E-state index >= 15 is 0 Å². The highest BCUT2D eigenvalue weighted by Gasteiger charge is 2.41. The van der Waals surface area contributed by atoms with Crippen molar-refractivity contribution in [3.63, 3.8) is 0 Å². The first-order chi connectivity index (χ1) is 10.2. The highest BCUT2D eigenvalue weighted by atomic mass is 16.6. The molecule has 22 heavy (non-hydrogen) atoms. The molecule has 1 amide bonds. The van der Waals surface area contributed by atoms with E-state index in [1.165, 1.54) is 23.2 Å². The maximum atomic E-state index is 11.4. The molecule has 2 rings (SSSR count). The number of carbonyl (C=O) groups is 1. The van der Waals surface area contributed by atoms with Gasteiger partial charge in [0.15, 0.2) is 0 Å². The van der Waals surface area contributed by atoms with E-state index in [-0.39, 0.29) is 23.6 Å². The van der Waals surface area contributed by atoms with Crippen molar-refractivity contribution in [3.8, 4) is 0 Å². The second-order valence-corrected chi connectivity index (χ2v) is 6.42. The van der Waals surface area contributed by atoms with Crippen molar-refractivity contribution >= 4 is 17.6 Å². The Labute approximate surface area is 128 Å². The van der Waals surface area contributed by atoms with Gasteiger partial charge in [0.1, 0.15) is 0 Å². The lowest BCUT2D eigenvalue weighted by molar-refractivity contribution is -0.384. The van der Waals surface area contributed by atoms with Gasteiger partial charge < -0.3 is 15.3 Å². The molecule has 2 N–H and O–H groups in total. The van der Waals surface area contributed by atoms with Crippen LogP contribution in [0, 0.1) is 10.1 Å². The molecule has 1 aromatic heterocycles. The molecule has 1 fully saturated rings. The second-order valence-electron chi connectivity index (χ2n) is 6.42. The number of anilines is 1. The topological polar surface area (TPSA) is 109 Å². The number of aromatic nitrogens is 1. The molecule has 0 spiro atoms. The average molecular weight is 308 g/mol. The number of hydrogen-bond donors (Lipinski definition) is 2. The van der Waals surface area contributed by atoms with Crippen LogP contribution in [-0.2, 0) is 0 Å². The number of pyridine rings is 1. The van der Waals surface area contributed by atoms with Gasteiger partial charge in [-0.25, -0.2) is 9.78 Å². The minimum absolute atomic E-state index is 0.0113. The van der Waals surface area contributed by atoms with Crippen LogP contribution in [0.3, 0.4) is 0 Å². The van der Waals surface area contributed by atoms with Gasteiger partial charge in [-0.2, -0.15) is 0 Å². The Hall–Kier alpha value is -2.38. The third-order valence-electron chi connectivity index (χ3n) is 3.73. The van der Waals surface area contributed by atoms with E-state index in [1.807, 2.05) is 20.8 Å². The first-order valence-electron chi connectivity index (χ1n) is 7.08. The molecule has 0 saturated heterocycles. The highest BCUT2D eigenvalue weighted by Crippen LogP contribution is 2.34. The van der Waals surface area contributed by atoms with E-state index in [2.05, 4.69) is 10.3 Å². The van der Waals surface area contributed by atoms with Gasteiger partial charge in [-0.1, -0.05) is 0 Å². The summed E-state index contributed by atoms with van der Waals surface area (Å²) >= 11 is 0. The minimum atomic E-state index is -0.945. The van der Waals surface area contributed by atoms with Crippen LogP contribution in [0.2, 0.25) is 0 Å². The molecule has 1 aliphatic rings. The van der Waals surface area contributed by atoms with Crippen molar-refractivity contribution < 1.29 is 14.8 Å². The quantitative estimate of drug-likeness (QED) is 0.654. The monoisotopic (exact) mass is 308 g/mol. The van der Waals surface area contributed by atoms with Crippen LogP contribution in [0.25, 0.3) is 0 Å². The fourth-order valence-electron chi connectivity index (χ4n) is 2.76. The molecule has 0 atom stereocenters. The number of rotatable bonds is 4. The van der Waals surface area contributed by atoms with E-state index in [0.717, 1.165) is 0 Å². The van der Waals surface area contributed by atoms with Gasteiger partial charge in [0.2, 0.25) is 5.82 Å². The predicted octanol–water partition coefficient (Wildman–Crippen LogP) is 2.71.